The number of thioether (sulfide) groups is 1. The summed E-state index contributed by atoms with van der Waals surface area (Å²) in [5.41, 5.74) is 0.838. The molecule has 0 aliphatic rings. The topological polar surface area (TPSA) is 20.2 Å². The summed E-state index contributed by atoms with van der Waals surface area (Å²) in [4.78, 5) is 0. The smallest absolute Gasteiger partial charge is 0.0790 e. The van der Waals surface area contributed by atoms with E-state index in [0.717, 1.165) is 24.2 Å². The number of aliphatic hydroxyl groups excluding tert-OH is 1. The molecule has 1 nitrogen and oxygen atoms in total. The van der Waals surface area contributed by atoms with Crippen molar-refractivity contribution in [1.29, 1.82) is 0 Å². The molecule has 1 rings (SSSR count). The molecule has 0 spiro atoms. The second-order valence-electron chi connectivity index (χ2n) is 3.32. The molecule has 1 N–H and O–H groups in total. The third-order valence-corrected chi connectivity index (χ3v) is 3.59. The van der Waals surface area contributed by atoms with Gasteiger partial charge in [-0.25, -0.2) is 0 Å². The summed E-state index contributed by atoms with van der Waals surface area (Å²) in [6.07, 6.45) is 3.39. The molecule has 1 aromatic rings. The van der Waals surface area contributed by atoms with Crippen molar-refractivity contribution in [3.05, 3.63) is 33.8 Å². The Labute approximate surface area is 105 Å². The molecule has 0 saturated carbocycles. The zero-order valence-corrected chi connectivity index (χ0v) is 10.9. The van der Waals surface area contributed by atoms with Gasteiger partial charge in [-0.05, 0) is 42.5 Å². The number of halogens is 2. The number of aliphatic hydroxyl groups is 1. The molecule has 4 heteroatoms. The van der Waals surface area contributed by atoms with Gasteiger partial charge in [-0.2, -0.15) is 11.8 Å². The van der Waals surface area contributed by atoms with Crippen molar-refractivity contribution in [3.63, 3.8) is 0 Å². The minimum atomic E-state index is -0.438. The van der Waals surface area contributed by atoms with E-state index in [-0.39, 0.29) is 0 Å². The summed E-state index contributed by atoms with van der Waals surface area (Å²) in [5, 5.41) is 10.9. The standard InChI is InChI=1S/C11H14Cl2OS/c1-15-6-2-3-11(14)8-4-5-9(12)10(13)7-8/h4-5,7,11,14H,2-3,6H2,1H3. The highest BCUT2D eigenvalue weighted by molar-refractivity contribution is 7.98. The Morgan fingerprint density at radius 2 is 2.07 bits per heavy atom. The van der Waals surface area contributed by atoms with E-state index in [4.69, 9.17) is 23.2 Å². The summed E-state index contributed by atoms with van der Waals surface area (Å²) in [7, 11) is 0. The molecule has 1 unspecified atom stereocenters. The van der Waals surface area contributed by atoms with Crippen LogP contribution in [0, 0.1) is 0 Å². The van der Waals surface area contributed by atoms with Crippen LogP contribution in [0.25, 0.3) is 0 Å². The van der Waals surface area contributed by atoms with Crippen molar-refractivity contribution >= 4 is 35.0 Å². The summed E-state index contributed by atoms with van der Waals surface area (Å²) >= 11 is 13.5. The van der Waals surface area contributed by atoms with E-state index in [1.807, 2.05) is 6.07 Å². The van der Waals surface area contributed by atoms with E-state index in [1.54, 1.807) is 23.9 Å². The molecule has 0 amide bonds. The van der Waals surface area contributed by atoms with Gasteiger partial charge >= 0.3 is 0 Å². The molecule has 15 heavy (non-hydrogen) atoms. The molecule has 0 aliphatic heterocycles. The zero-order chi connectivity index (χ0) is 11.3. The second kappa shape index (κ2) is 6.64. The molecule has 0 aliphatic carbocycles. The fourth-order valence-electron chi connectivity index (χ4n) is 1.31. The Kier molecular flexibility index (Phi) is 5.83. The fourth-order valence-corrected chi connectivity index (χ4v) is 2.07. The average Bonchev–Trinajstić information content (AvgIpc) is 2.22. The van der Waals surface area contributed by atoms with Gasteiger partial charge in [0.05, 0.1) is 16.1 Å². The molecule has 0 radical (unpaired) electrons. The predicted octanol–water partition coefficient (Wildman–Crippen LogP) is 4.17. The van der Waals surface area contributed by atoms with E-state index >= 15 is 0 Å². The zero-order valence-electron chi connectivity index (χ0n) is 8.54. The predicted molar refractivity (Wildman–Crippen MR) is 69.0 cm³/mol. The van der Waals surface area contributed by atoms with Crippen molar-refractivity contribution in [1.82, 2.24) is 0 Å². The second-order valence-corrected chi connectivity index (χ2v) is 5.12. The first-order valence-corrected chi connectivity index (χ1v) is 6.92. The molecule has 0 heterocycles. The molecule has 0 bridgehead atoms. The Hall–Kier alpha value is 0.110. The monoisotopic (exact) mass is 264 g/mol. The third-order valence-electron chi connectivity index (χ3n) is 2.15. The van der Waals surface area contributed by atoms with Gasteiger partial charge in [-0.15, -0.1) is 0 Å². The summed E-state index contributed by atoms with van der Waals surface area (Å²) < 4.78 is 0. The third kappa shape index (κ3) is 4.23. The van der Waals surface area contributed by atoms with Crippen LogP contribution in [0.3, 0.4) is 0 Å². The highest BCUT2D eigenvalue weighted by Crippen LogP contribution is 2.27. The van der Waals surface area contributed by atoms with Crippen LogP contribution in [-0.2, 0) is 0 Å². The van der Waals surface area contributed by atoms with Gasteiger partial charge in [0.2, 0.25) is 0 Å². The molecule has 1 aromatic carbocycles. The SMILES string of the molecule is CSCCCC(O)c1ccc(Cl)c(Cl)c1. The Balaban J connectivity index is 2.57. The van der Waals surface area contributed by atoms with E-state index in [2.05, 4.69) is 6.26 Å². The van der Waals surface area contributed by atoms with Gasteiger partial charge in [0.1, 0.15) is 0 Å². The van der Waals surface area contributed by atoms with E-state index in [0.29, 0.717) is 10.0 Å². The Morgan fingerprint density at radius 1 is 1.33 bits per heavy atom. The van der Waals surface area contributed by atoms with Crippen LogP contribution in [0.15, 0.2) is 18.2 Å². The fraction of sp³-hybridized carbons (Fsp3) is 0.455. The van der Waals surface area contributed by atoms with Crippen molar-refractivity contribution in [2.75, 3.05) is 12.0 Å². The van der Waals surface area contributed by atoms with Gasteiger partial charge < -0.3 is 5.11 Å². The molecular formula is C11H14Cl2OS. The lowest BCUT2D eigenvalue weighted by Crippen LogP contribution is -1.98. The molecule has 1 atom stereocenters. The minimum Gasteiger partial charge on any atom is -0.388 e. The Morgan fingerprint density at radius 3 is 2.67 bits per heavy atom. The van der Waals surface area contributed by atoms with Crippen LogP contribution >= 0.6 is 35.0 Å². The average molecular weight is 265 g/mol. The van der Waals surface area contributed by atoms with Crippen LogP contribution in [0.5, 0.6) is 0 Å². The van der Waals surface area contributed by atoms with Gasteiger partial charge in [-0.3, -0.25) is 0 Å². The first kappa shape index (κ1) is 13.2. The number of benzene rings is 1. The number of hydrogen-bond acceptors (Lipinski definition) is 2. The van der Waals surface area contributed by atoms with Crippen LogP contribution < -0.4 is 0 Å². The maximum absolute atomic E-state index is 9.85. The quantitative estimate of drug-likeness (QED) is 0.806. The largest absolute Gasteiger partial charge is 0.388 e. The van der Waals surface area contributed by atoms with E-state index in [1.165, 1.54) is 0 Å². The van der Waals surface area contributed by atoms with Crippen LogP contribution in [0.4, 0.5) is 0 Å². The van der Waals surface area contributed by atoms with Gasteiger partial charge in [0, 0.05) is 0 Å². The van der Waals surface area contributed by atoms with Gasteiger partial charge in [-0.1, -0.05) is 29.3 Å². The normalized spacial score (nSPS) is 12.8. The van der Waals surface area contributed by atoms with Crippen molar-refractivity contribution in [3.8, 4) is 0 Å². The maximum Gasteiger partial charge on any atom is 0.0790 e. The lowest BCUT2D eigenvalue weighted by molar-refractivity contribution is 0.167. The lowest BCUT2D eigenvalue weighted by atomic mass is 10.1. The van der Waals surface area contributed by atoms with Crippen molar-refractivity contribution in [2.24, 2.45) is 0 Å². The highest BCUT2D eigenvalue weighted by Gasteiger charge is 2.08. The number of rotatable bonds is 5. The van der Waals surface area contributed by atoms with Crippen molar-refractivity contribution < 1.29 is 5.11 Å². The van der Waals surface area contributed by atoms with Crippen molar-refractivity contribution in [2.45, 2.75) is 18.9 Å². The summed E-state index contributed by atoms with van der Waals surface area (Å²) in [6.45, 7) is 0. The summed E-state index contributed by atoms with van der Waals surface area (Å²) in [5.74, 6) is 1.07. The van der Waals surface area contributed by atoms with Gasteiger partial charge in [0.15, 0.2) is 0 Å². The van der Waals surface area contributed by atoms with E-state index < -0.39 is 6.10 Å². The van der Waals surface area contributed by atoms with Gasteiger partial charge in [0.25, 0.3) is 0 Å². The first-order chi connectivity index (χ1) is 7.15. The molecule has 0 fully saturated rings. The first-order valence-electron chi connectivity index (χ1n) is 4.77. The van der Waals surface area contributed by atoms with Crippen LogP contribution in [-0.4, -0.2) is 17.1 Å². The Bertz CT molecular complexity index is 317. The van der Waals surface area contributed by atoms with E-state index in [9.17, 15) is 5.11 Å². The minimum absolute atomic E-state index is 0.438. The summed E-state index contributed by atoms with van der Waals surface area (Å²) in [6, 6.07) is 5.27. The molecule has 84 valence electrons. The number of hydrogen-bond donors (Lipinski definition) is 1. The van der Waals surface area contributed by atoms with Crippen LogP contribution in [0.2, 0.25) is 10.0 Å². The molecule has 0 saturated heterocycles. The highest BCUT2D eigenvalue weighted by atomic mass is 35.5. The molecule has 0 aromatic heterocycles. The lowest BCUT2D eigenvalue weighted by Gasteiger charge is -2.11. The van der Waals surface area contributed by atoms with Crippen LogP contribution in [0.1, 0.15) is 24.5 Å². The molecular weight excluding hydrogens is 251 g/mol. The maximum atomic E-state index is 9.85.